The highest BCUT2D eigenvalue weighted by Gasteiger charge is 2.53. The molecule has 17 atom stereocenters. The Bertz CT molecular complexity index is 1920. The van der Waals surface area contributed by atoms with Crippen LogP contribution in [0.5, 0.6) is 0 Å². The van der Waals surface area contributed by atoms with Gasteiger partial charge in [0.25, 0.3) is 0 Å². The van der Waals surface area contributed by atoms with Crippen LogP contribution >= 0.6 is 0 Å². The van der Waals surface area contributed by atoms with E-state index >= 15 is 0 Å². The molecule has 3 heterocycles. The molecule has 0 bridgehead atoms. The standard InChI is InChI=1S/C63H103NO18/c1-3-5-7-9-11-12-13-14-15-16-17-18-19-20-21-22-23-24-25-26-27-28-29-30-31-32-33-34-35-37-39-41-51(69)64-46(47(68)40-38-36-10-8-6-4-2)45-77-61-57(75)54(72)59(49(43-66)79-61)82-63-58(76)55(73)60(50(44-67)80-63)81-62-56(74)53(71)52(70)48(42-65)78-62/h5,7,11-12,14-15,17-18,20-21,23-24,26-27,29-30,32-33,46-50,52-63,65-68,70-76H,3-4,6,8-10,13,16,19,22,25,28,31,34-45H2,1-2H3,(H,64,69)/b7-5-,12-11-,15-14-,18-17-,21-20-,24-23-,27-26-,30-29-,33-32-. The lowest BCUT2D eigenvalue weighted by molar-refractivity contribution is -0.379. The third-order valence-corrected chi connectivity index (χ3v) is 14.4. The van der Waals surface area contributed by atoms with Crippen molar-refractivity contribution in [3.63, 3.8) is 0 Å². The molecule has 0 aliphatic carbocycles. The molecule has 1 amide bonds. The molecule has 19 nitrogen and oxygen atoms in total. The number of aliphatic hydroxyl groups excluding tert-OH is 11. The first-order valence-electron chi connectivity index (χ1n) is 30.1. The molecule has 3 rings (SSSR count). The van der Waals surface area contributed by atoms with E-state index in [4.69, 9.17) is 28.4 Å². The van der Waals surface area contributed by atoms with Crippen LogP contribution in [0.15, 0.2) is 109 Å². The van der Waals surface area contributed by atoms with Crippen molar-refractivity contribution in [3.05, 3.63) is 109 Å². The summed E-state index contributed by atoms with van der Waals surface area (Å²) in [4.78, 5) is 13.2. The number of amides is 1. The van der Waals surface area contributed by atoms with Gasteiger partial charge >= 0.3 is 0 Å². The zero-order valence-electron chi connectivity index (χ0n) is 48.7. The Morgan fingerprint density at radius 1 is 0.451 bits per heavy atom. The second-order valence-corrected chi connectivity index (χ2v) is 21.1. The molecule has 3 aliphatic heterocycles. The normalized spacial score (nSPS) is 30.4. The van der Waals surface area contributed by atoms with Gasteiger partial charge in [-0.2, -0.15) is 0 Å². The fraction of sp³-hybridized carbons (Fsp3) is 0.698. The third-order valence-electron chi connectivity index (χ3n) is 14.4. The number of nitrogens with one attached hydrogen (secondary N) is 1. The molecule has 3 aliphatic rings. The van der Waals surface area contributed by atoms with Crippen LogP contribution in [-0.2, 0) is 33.2 Å². The summed E-state index contributed by atoms with van der Waals surface area (Å²) in [6.45, 7) is 1.52. The third kappa shape index (κ3) is 28.1. The molecule has 82 heavy (non-hydrogen) atoms. The molecule has 0 aromatic heterocycles. The quantitative estimate of drug-likeness (QED) is 0.0264. The SMILES string of the molecule is CC/C=C\C/C=C\C/C=C\C/C=C\C/C=C\C/C=C\C/C=C\C/C=C\C/C=C\CCCCCC(=O)NC(COC1OC(CO)C(OC2OC(CO)C(OC3OC(CO)C(O)C(O)C3O)C(O)C2O)C(O)C1O)C(O)CCCCCCCC. The van der Waals surface area contributed by atoms with E-state index in [2.05, 4.69) is 129 Å². The molecule has 0 aromatic rings. The lowest BCUT2D eigenvalue weighted by atomic mass is 9.96. The van der Waals surface area contributed by atoms with Crippen LogP contribution in [0.4, 0.5) is 0 Å². The van der Waals surface area contributed by atoms with Gasteiger partial charge in [0.05, 0.1) is 38.6 Å². The van der Waals surface area contributed by atoms with Crippen molar-refractivity contribution in [2.45, 2.75) is 253 Å². The summed E-state index contributed by atoms with van der Waals surface area (Å²) >= 11 is 0. The predicted molar refractivity (Wildman–Crippen MR) is 313 cm³/mol. The van der Waals surface area contributed by atoms with Gasteiger partial charge in [-0.15, -0.1) is 0 Å². The maximum Gasteiger partial charge on any atom is 0.220 e. The average Bonchev–Trinajstić information content (AvgIpc) is 3.60. The Labute approximate surface area is 487 Å². The molecular weight excluding hydrogens is 1060 g/mol. The number of carbonyl (C=O) groups is 1. The first kappa shape index (κ1) is 72.7. The molecule has 19 heteroatoms. The lowest BCUT2D eigenvalue weighted by Crippen LogP contribution is -2.66. The fourth-order valence-electron chi connectivity index (χ4n) is 9.42. The van der Waals surface area contributed by atoms with Gasteiger partial charge in [-0.3, -0.25) is 4.79 Å². The van der Waals surface area contributed by atoms with Gasteiger partial charge in [0, 0.05) is 6.42 Å². The number of hydrogen-bond donors (Lipinski definition) is 12. The van der Waals surface area contributed by atoms with Gasteiger partial charge in [-0.25, -0.2) is 0 Å². The Hall–Kier alpha value is -3.55. The minimum Gasteiger partial charge on any atom is -0.394 e. The summed E-state index contributed by atoms with van der Waals surface area (Å²) in [6.07, 6.45) is 31.0. The van der Waals surface area contributed by atoms with E-state index in [1.54, 1.807) is 0 Å². The Balaban J connectivity index is 1.38. The summed E-state index contributed by atoms with van der Waals surface area (Å²) in [5.41, 5.74) is 0. The smallest absolute Gasteiger partial charge is 0.220 e. The number of hydrogen-bond acceptors (Lipinski definition) is 18. The minimum atomic E-state index is -1.98. The van der Waals surface area contributed by atoms with Gasteiger partial charge in [-0.1, -0.05) is 168 Å². The Morgan fingerprint density at radius 2 is 0.841 bits per heavy atom. The maximum atomic E-state index is 13.2. The van der Waals surface area contributed by atoms with Gasteiger partial charge < -0.3 is 89.9 Å². The van der Waals surface area contributed by atoms with Crippen LogP contribution in [0.25, 0.3) is 0 Å². The van der Waals surface area contributed by atoms with Crippen molar-refractivity contribution in [1.29, 1.82) is 0 Å². The van der Waals surface area contributed by atoms with Crippen molar-refractivity contribution in [2.75, 3.05) is 26.4 Å². The summed E-state index contributed by atoms with van der Waals surface area (Å²) in [5, 5.41) is 120. The molecule has 468 valence electrons. The molecule has 0 saturated carbocycles. The van der Waals surface area contributed by atoms with Crippen molar-refractivity contribution in [3.8, 4) is 0 Å². The van der Waals surface area contributed by atoms with E-state index in [0.717, 1.165) is 109 Å². The zero-order valence-corrected chi connectivity index (χ0v) is 48.7. The summed E-state index contributed by atoms with van der Waals surface area (Å²) < 4.78 is 34.1. The molecule has 12 N–H and O–H groups in total. The summed E-state index contributed by atoms with van der Waals surface area (Å²) in [5.74, 6) is -0.287. The van der Waals surface area contributed by atoms with Crippen LogP contribution in [0.2, 0.25) is 0 Å². The second-order valence-electron chi connectivity index (χ2n) is 21.1. The van der Waals surface area contributed by atoms with E-state index in [0.29, 0.717) is 19.3 Å². The highest BCUT2D eigenvalue weighted by atomic mass is 16.8. The van der Waals surface area contributed by atoms with Crippen LogP contribution in [0.1, 0.15) is 149 Å². The second kappa shape index (κ2) is 44.9. The zero-order chi connectivity index (χ0) is 59.7. The number of rotatable bonds is 42. The summed E-state index contributed by atoms with van der Waals surface area (Å²) in [6, 6.07) is -0.910. The van der Waals surface area contributed by atoms with E-state index < -0.39 is 124 Å². The van der Waals surface area contributed by atoms with Crippen molar-refractivity contribution < 1.29 is 89.4 Å². The van der Waals surface area contributed by atoms with Gasteiger partial charge in [0.2, 0.25) is 5.91 Å². The van der Waals surface area contributed by atoms with E-state index in [1.165, 1.54) is 0 Å². The Morgan fingerprint density at radius 3 is 1.30 bits per heavy atom. The van der Waals surface area contributed by atoms with Crippen molar-refractivity contribution in [2.24, 2.45) is 0 Å². The highest BCUT2D eigenvalue weighted by molar-refractivity contribution is 5.76. The predicted octanol–water partition coefficient (Wildman–Crippen LogP) is 5.53. The summed E-state index contributed by atoms with van der Waals surface area (Å²) in [7, 11) is 0. The Kier molecular flexibility index (Phi) is 39.8. The number of aliphatic hydroxyl groups is 11. The molecule has 3 fully saturated rings. The van der Waals surface area contributed by atoms with Crippen molar-refractivity contribution >= 4 is 5.91 Å². The van der Waals surface area contributed by atoms with Gasteiger partial charge in [-0.05, 0) is 83.5 Å². The first-order valence-corrected chi connectivity index (χ1v) is 30.1. The lowest BCUT2D eigenvalue weighted by Gasteiger charge is -2.48. The van der Waals surface area contributed by atoms with E-state index in [1.807, 2.05) is 0 Å². The number of allylic oxidation sites excluding steroid dienone is 18. The van der Waals surface area contributed by atoms with Crippen LogP contribution < -0.4 is 5.32 Å². The largest absolute Gasteiger partial charge is 0.394 e. The van der Waals surface area contributed by atoms with Crippen LogP contribution in [0.3, 0.4) is 0 Å². The van der Waals surface area contributed by atoms with Crippen molar-refractivity contribution in [1.82, 2.24) is 5.32 Å². The average molecular weight is 1160 g/mol. The first-order chi connectivity index (χ1) is 39.8. The molecule has 0 spiro atoms. The highest BCUT2D eigenvalue weighted by Crippen LogP contribution is 2.33. The number of ether oxygens (including phenoxy) is 6. The molecular formula is C63H103NO18. The van der Waals surface area contributed by atoms with Gasteiger partial charge in [0.15, 0.2) is 18.9 Å². The van der Waals surface area contributed by atoms with Crippen LogP contribution in [-0.4, -0.2) is 193 Å². The molecule has 0 radical (unpaired) electrons. The molecule has 3 saturated heterocycles. The maximum absolute atomic E-state index is 13.2. The van der Waals surface area contributed by atoms with E-state index in [-0.39, 0.29) is 18.9 Å². The van der Waals surface area contributed by atoms with Crippen LogP contribution in [0, 0.1) is 0 Å². The molecule has 0 aromatic carbocycles. The molecule has 17 unspecified atom stereocenters. The monoisotopic (exact) mass is 1160 g/mol. The van der Waals surface area contributed by atoms with E-state index in [9.17, 15) is 61.0 Å². The number of carbonyl (C=O) groups excluding carboxylic acids is 1. The minimum absolute atomic E-state index is 0.217. The number of unbranched alkanes of at least 4 members (excludes halogenated alkanes) is 8. The van der Waals surface area contributed by atoms with Gasteiger partial charge in [0.1, 0.15) is 73.2 Å². The fourth-order valence-corrected chi connectivity index (χ4v) is 9.42. The topological polar surface area (TPSA) is 307 Å².